The van der Waals surface area contributed by atoms with E-state index in [0.29, 0.717) is 0 Å². The Morgan fingerprint density at radius 1 is 1.50 bits per heavy atom. The second-order valence-electron chi connectivity index (χ2n) is 5.93. The summed E-state index contributed by atoms with van der Waals surface area (Å²) in [4.78, 5) is 20.4. The maximum Gasteiger partial charge on any atom is 0.227 e. The molecule has 1 aromatic rings. The van der Waals surface area contributed by atoms with Gasteiger partial charge >= 0.3 is 0 Å². The fraction of sp³-hybridized carbons (Fsp3) is 0.600. The van der Waals surface area contributed by atoms with Crippen LogP contribution < -0.4 is 0 Å². The Morgan fingerprint density at radius 3 is 3.05 bits per heavy atom. The fourth-order valence-electron chi connectivity index (χ4n) is 3.21. The lowest BCUT2D eigenvalue weighted by atomic mass is 9.99. The summed E-state index contributed by atoms with van der Waals surface area (Å²) in [5.74, 6) is 0.217. The quantitative estimate of drug-likeness (QED) is 0.817. The first-order chi connectivity index (χ1) is 9.63. The number of morpholine rings is 1. The predicted molar refractivity (Wildman–Crippen MR) is 75.0 cm³/mol. The lowest BCUT2D eigenvalue weighted by molar-refractivity contribution is -0.136. The highest BCUT2D eigenvalue weighted by Gasteiger charge is 2.44. The summed E-state index contributed by atoms with van der Waals surface area (Å²) in [6.45, 7) is 2.62. The number of fused-ring (bicyclic) bond motifs is 2. The highest BCUT2D eigenvalue weighted by Crippen LogP contribution is 2.33. The molecule has 108 valence electrons. The van der Waals surface area contributed by atoms with Crippen molar-refractivity contribution in [3.8, 4) is 0 Å². The molecule has 3 rings (SSSR count). The Balaban J connectivity index is 1.65. The average molecular weight is 275 g/mol. The first-order valence-corrected chi connectivity index (χ1v) is 7.11. The van der Waals surface area contributed by atoms with Gasteiger partial charge in [-0.05, 0) is 18.1 Å². The molecule has 2 aliphatic rings. The van der Waals surface area contributed by atoms with E-state index in [4.69, 9.17) is 4.74 Å². The van der Waals surface area contributed by atoms with Crippen molar-refractivity contribution in [3.63, 3.8) is 0 Å². The Morgan fingerprint density at radius 2 is 2.35 bits per heavy atom. The van der Waals surface area contributed by atoms with Crippen LogP contribution >= 0.6 is 0 Å². The number of rotatable bonds is 3. The molecular formula is C15H21N3O2. The van der Waals surface area contributed by atoms with Gasteiger partial charge in [0.25, 0.3) is 0 Å². The number of ether oxygens (including phenoxy) is 1. The van der Waals surface area contributed by atoms with Gasteiger partial charge in [-0.15, -0.1) is 0 Å². The Labute approximate surface area is 119 Å². The van der Waals surface area contributed by atoms with Gasteiger partial charge in [-0.2, -0.15) is 0 Å². The van der Waals surface area contributed by atoms with Crippen LogP contribution in [0.3, 0.4) is 0 Å². The molecule has 0 aliphatic carbocycles. The van der Waals surface area contributed by atoms with Crippen LogP contribution in [0.25, 0.3) is 0 Å². The van der Waals surface area contributed by atoms with Crippen molar-refractivity contribution in [2.45, 2.75) is 25.2 Å². The summed E-state index contributed by atoms with van der Waals surface area (Å²) in [6.07, 6.45) is 4.78. The van der Waals surface area contributed by atoms with Gasteiger partial charge in [0.05, 0.1) is 18.1 Å². The smallest absolute Gasteiger partial charge is 0.227 e. The number of likely N-dealkylation sites (tertiary alicyclic amines) is 1. The molecule has 20 heavy (non-hydrogen) atoms. The molecule has 0 N–H and O–H groups in total. The number of pyridine rings is 1. The zero-order valence-electron chi connectivity index (χ0n) is 12.0. The van der Waals surface area contributed by atoms with Crippen LogP contribution in [0, 0.1) is 5.92 Å². The SMILES string of the molecule is CN(C)C(=O)[C@@H]1C[C@H]2CN(Cc3cccnc3)C[C@H]1O2. The van der Waals surface area contributed by atoms with Crippen molar-refractivity contribution < 1.29 is 9.53 Å². The molecule has 2 saturated heterocycles. The normalized spacial score (nSPS) is 29.4. The Bertz CT molecular complexity index is 477. The van der Waals surface area contributed by atoms with E-state index >= 15 is 0 Å². The molecule has 2 fully saturated rings. The second-order valence-corrected chi connectivity index (χ2v) is 5.93. The van der Waals surface area contributed by atoms with Crippen molar-refractivity contribution in [1.82, 2.24) is 14.8 Å². The topological polar surface area (TPSA) is 45.7 Å². The second kappa shape index (κ2) is 5.50. The Kier molecular flexibility index (Phi) is 3.72. The highest BCUT2D eigenvalue weighted by molar-refractivity contribution is 5.79. The summed E-state index contributed by atoms with van der Waals surface area (Å²) in [5, 5.41) is 0. The van der Waals surface area contributed by atoms with E-state index in [-0.39, 0.29) is 24.0 Å². The van der Waals surface area contributed by atoms with Crippen molar-refractivity contribution in [2.24, 2.45) is 5.92 Å². The van der Waals surface area contributed by atoms with Crippen LogP contribution in [0.1, 0.15) is 12.0 Å². The first kappa shape index (κ1) is 13.5. The van der Waals surface area contributed by atoms with Gasteiger partial charge in [-0.25, -0.2) is 0 Å². The largest absolute Gasteiger partial charge is 0.371 e. The molecule has 1 amide bonds. The molecule has 2 aliphatic heterocycles. The third-order valence-electron chi connectivity index (χ3n) is 4.12. The number of hydrogen-bond donors (Lipinski definition) is 0. The van der Waals surface area contributed by atoms with E-state index in [1.54, 1.807) is 11.1 Å². The minimum absolute atomic E-state index is 0.0221. The van der Waals surface area contributed by atoms with E-state index in [1.165, 1.54) is 5.56 Å². The number of carbonyl (C=O) groups excluding carboxylic acids is 1. The maximum absolute atomic E-state index is 12.2. The van der Waals surface area contributed by atoms with Crippen molar-refractivity contribution in [1.29, 1.82) is 0 Å². The van der Waals surface area contributed by atoms with Gasteiger partial charge < -0.3 is 9.64 Å². The standard InChI is InChI=1S/C15H21N3O2/c1-17(2)15(19)13-6-12-9-18(10-14(13)20-12)8-11-4-3-5-16-7-11/h3-5,7,12-14H,6,8-10H2,1-2H3/t12-,13+,14+/m0/s1. The van der Waals surface area contributed by atoms with Gasteiger partial charge in [-0.1, -0.05) is 6.07 Å². The third-order valence-corrected chi connectivity index (χ3v) is 4.12. The lowest BCUT2D eigenvalue weighted by Crippen LogP contribution is -2.44. The molecular weight excluding hydrogens is 254 g/mol. The van der Waals surface area contributed by atoms with Crippen LogP contribution in [0.15, 0.2) is 24.5 Å². The number of nitrogens with zero attached hydrogens (tertiary/aromatic N) is 3. The van der Waals surface area contributed by atoms with Crippen LogP contribution in [0.2, 0.25) is 0 Å². The number of carbonyl (C=O) groups is 1. The van der Waals surface area contributed by atoms with Crippen molar-refractivity contribution in [3.05, 3.63) is 30.1 Å². The molecule has 3 heterocycles. The van der Waals surface area contributed by atoms with E-state index in [9.17, 15) is 4.79 Å². The molecule has 5 nitrogen and oxygen atoms in total. The number of aromatic nitrogens is 1. The number of amides is 1. The third kappa shape index (κ3) is 2.69. The van der Waals surface area contributed by atoms with Gasteiger partial charge in [0.1, 0.15) is 0 Å². The van der Waals surface area contributed by atoms with Crippen LogP contribution in [0.5, 0.6) is 0 Å². The summed E-state index contributed by atoms with van der Waals surface area (Å²) >= 11 is 0. The number of hydrogen-bond acceptors (Lipinski definition) is 4. The lowest BCUT2D eigenvalue weighted by Gasteiger charge is -2.32. The molecule has 3 atom stereocenters. The van der Waals surface area contributed by atoms with E-state index < -0.39 is 0 Å². The maximum atomic E-state index is 12.2. The monoisotopic (exact) mass is 275 g/mol. The summed E-state index contributed by atoms with van der Waals surface area (Å²) in [7, 11) is 3.63. The predicted octanol–water partition coefficient (Wildman–Crippen LogP) is 0.759. The average Bonchev–Trinajstić information content (AvgIpc) is 2.74. The minimum atomic E-state index is 0.0221. The zero-order chi connectivity index (χ0) is 14.1. The van der Waals surface area contributed by atoms with Crippen LogP contribution in [-0.4, -0.2) is 60.1 Å². The van der Waals surface area contributed by atoms with Crippen molar-refractivity contribution in [2.75, 3.05) is 27.2 Å². The minimum Gasteiger partial charge on any atom is -0.371 e. The molecule has 0 spiro atoms. The van der Waals surface area contributed by atoms with Crippen LogP contribution in [0.4, 0.5) is 0 Å². The van der Waals surface area contributed by atoms with Gasteiger partial charge in [0.15, 0.2) is 0 Å². The molecule has 5 heteroatoms. The van der Waals surface area contributed by atoms with Gasteiger partial charge in [0.2, 0.25) is 5.91 Å². The molecule has 0 aromatic carbocycles. The summed E-state index contributed by atoms with van der Waals surface area (Å²) in [5.41, 5.74) is 1.21. The zero-order valence-corrected chi connectivity index (χ0v) is 12.0. The summed E-state index contributed by atoms with van der Waals surface area (Å²) in [6, 6.07) is 4.05. The first-order valence-electron chi connectivity index (χ1n) is 7.11. The fourth-order valence-corrected chi connectivity index (χ4v) is 3.21. The van der Waals surface area contributed by atoms with E-state index in [0.717, 1.165) is 26.1 Å². The van der Waals surface area contributed by atoms with Gasteiger partial charge in [0, 0.05) is 46.1 Å². The molecule has 0 radical (unpaired) electrons. The van der Waals surface area contributed by atoms with Gasteiger partial charge in [-0.3, -0.25) is 14.7 Å². The van der Waals surface area contributed by atoms with E-state index in [1.807, 2.05) is 26.4 Å². The molecule has 0 saturated carbocycles. The molecule has 2 bridgehead atoms. The van der Waals surface area contributed by atoms with E-state index in [2.05, 4.69) is 16.0 Å². The Hall–Kier alpha value is -1.46. The molecule has 0 unspecified atom stereocenters. The van der Waals surface area contributed by atoms with Crippen LogP contribution in [-0.2, 0) is 16.1 Å². The van der Waals surface area contributed by atoms with Crippen molar-refractivity contribution >= 4 is 5.91 Å². The molecule has 1 aromatic heterocycles. The summed E-state index contributed by atoms with van der Waals surface area (Å²) < 4.78 is 5.94. The highest BCUT2D eigenvalue weighted by atomic mass is 16.5.